The minimum absolute atomic E-state index is 0.0137. The van der Waals surface area contributed by atoms with Gasteiger partial charge in [-0.3, -0.25) is 13.9 Å². The number of hydrogen-bond donors (Lipinski definition) is 1. The summed E-state index contributed by atoms with van der Waals surface area (Å²) in [6.45, 7) is 3.19. The molecular weight excluding hydrogens is 528 g/mol. The Balaban J connectivity index is 2.41. The van der Waals surface area contributed by atoms with Crippen molar-refractivity contribution in [3.8, 4) is 0 Å². The van der Waals surface area contributed by atoms with Gasteiger partial charge in [0.25, 0.3) is 0 Å². The molecule has 0 saturated heterocycles. The smallest absolute Gasteiger partial charge is 0.244 e. The lowest BCUT2D eigenvalue weighted by atomic mass is 10.1. The quantitative estimate of drug-likeness (QED) is 0.470. The molecule has 0 radical (unpaired) electrons. The third-order valence-electron chi connectivity index (χ3n) is 4.92. The van der Waals surface area contributed by atoms with Crippen LogP contribution in [0.5, 0.6) is 0 Å². The molecule has 0 bridgehead atoms. The van der Waals surface area contributed by atoms with Crippen molar-refractivity contribution in [1.29, 1.82) is 0 Å². The number of sulfonamides is 1. The second-order valence-electron chi connectivity index (χ2n) is 7.61. The second-order valence-corrected chi connectivity index (χ2v) is 10.7. The molecule has 2 aromatic rings. The highest BCUT2D eigenvalue weighted by atomic mass is 35.5. The highest BCUT2D eigenvalue weighted by molar-refractivity contribution is 7.92. The number of benzene rings is 2. The zero-order valence-corrected chi connectivity index (χ0v) is 21.9. The molecule has 0 aliphatic heterocycles. The van der Waals surface area contributed by atoms with Gasteiger partial charge in [0, 0.05) is 13.1 Å². The Morgan fingerprint density at radius 3 is 2.29 bits per heavy atom. The molecule has 0 fully saturated rings. The van der Waals surface area contributed by atoms with Crippen LogP contribution in [0.2, 0.25) is 15.1 Å². The van der Waals surface area contributed by atoms with Crippen LogP contribution in [0.25, 0.3) is 0 Å². The van der Waals surface area contributed by atoms with Gasteiger partial charge in [-0.1, -0.05) is 47.8 Å². The van der Waals surface area contributed by atoms with Crippen molar-refractivity contribution in [2.75, 3.05) is 23.7 Å². The van der Waals surface area contributed by atoms with Crippen molar-refractivity contribution in [2.24, 2.45) is 0 Å². The fourth-order valence-electron chi connectivity index (χ4n) is 3.07. The van der Waals surface area contributed by atoms with Gasteiger partial charge in [0.2, 0.25) is 21.8 Å². The number of halogens is 4. The van der Waals surface area contributed by atoms with Crippen LogP contribution < -0.4 is 9.62 Å². The molecule has 1 atom stereocenters. The van der Waals surface area contributed by atoms with E-state index in [-0.39, 0.29) is 22.3 Å². The molecule has 1 unspecified atom stereocenters. The van der Waals surface area contributed by atoms with Gasteiger partial charge in [-0.15, -0.1) is 0 Å². The predicted molar refractivity (Wildman–Crippen MR) is 133 cm³/mol. The van der Waals surface area contributed by atoms with Crippen LogP contribution in [0.3, 0.4) is 0 Å². The first kappa shape index (κ1) is 28.2. The fourth-order valence-corrected chi connectivity index (χ4v) is 4.40. The summed E-state index contributed by atoms with van der Waals surface area (Å²) in [7, 11) is -3.96. The van der Waals surface area contributed by atoms with E-state index in [9.17, 15) is 22.4 Å². The van der Waals surface area contributed by atoms with E-state index in [1.807, 2.05) is 6.92 Å². The van der Waals surface area contributed by atoms with Gasteiger partial charge in [0.05, 0.1) is 27.0 Å². The third-order valence-corrected chi connectivity index (χ3v) is 7.09. The number of nitrogens with zero attached hydrogens (tertiary/aromatic N) is 2. The zero-order chi connectivity index (χ0) is 25.6. The normalized spacial score (nSPS) is 12.2. The van der Waals surface area contributed by atoms with E-state index < -0.39 is 40.2 Å². The highest BCUT2D eigenvalue weighted by Gasteiger charge is 2.30. The maximum atomic E-state index is 13.6. The Kier molecular flexibility index (Phi) is 9.99. The van der Waals surface area contributed by atoms with Crippen molar-refractivity contribution >= 4 is 62.3 Å². The van der Waals surface area contributed by atoms with Crippen molar-refractivity contribution in [2.45, 2.75) is 32.9 Å². The SMILES string of the molecule is CCCNC(=O)C(C)N(Cc1ccc(Cl)c(Cl)c1)C(=O)CN(c1ccc(F)c(Cl)c1)S(C)(=O)=O. The van der Waals surface area contributed by atoms with Crippen molar-refractivity contribution in [3.63, 3.8) is 0 Å². The fraction of sp³-hybridized carbons (Fsp3) is 0.364. The molecule has 186 valence electrons. The standard InChI is InChI=1S/C22H25Cl3FN3O4S/c1-4-9-27-22(31)14(2)28(12-15-5-7-17(23)18(24)10-15)21(30)13-29(34(3,32)33)16-6-8-20(26)19(25)11-16/h5-8,10-11,14H,4,9,12-13H2,1-3H3,(H,27,31). The molecule has 0 saturated carbocycles. The summed E-state index contributed by atoms with van der Waals surface area (Å²) in [6, 6.07) is 7.18. The first-order chi connectivity index (χ1) is 15.8. The van der Waals surface area contributed by atoms with E-state index in [1.165, 1.54) is 11.0 Å². The van der Waals surface area contributed by atoms with E-state index in [0.717, 1.165) is 22.7 Å². The summed E-state index contributed by atoms with van der Waals surface area (Å²) < 4.78 is 39.4. The Labute approximate surface area is 213 Å². The molecule has 1 N–H and O–H groups in total. The van der Waals surface area contributed by atoms with Gasteiger partial charge in [-0.2, -0.15) is 0 Å². The summed E-state index contributed by atoms with van der Waals surface area (Å²) in [6.07, 6.45) is 1.62. The van der Waals surface area contributed by atoms with Gasteiger partial charge in [-0.05, 0) is 49.2 Å². The van der Waals surface area contributed by atoms with E-state index in [1.54, 1.807) is 25.1 Å². The number of carbonyl (C=O) groups is 2. The maximum Gasteiger partial charge on any atom is 0.244 e. The summed E-state index contributed by atoms with van der Waals surface area (Å²) in [5, 5.41) is 3.04. The van der Waals surface area contributed by atoms with Crippen molar-refractivity contribution < 1.29 is 22.4 Å². The topological polar surface area (TPSA) is 86.8 Å². The van der Waals surface area contributed by atoms with Crippen molar-refractivity contribution in [1.82, 2.24) is 10.2 Å². The predicted octanol–water partition coefficient (Wildman–Crippen LogP) is 4.50. The number of rotatable bonds is 10. The number of nitrogens with one attached hydrogen (secondary N) is 1. The molecule has 0 aliphatic rings. The summed E-state index contributed by atoms with van der Waals surface area (Å²) in [4.78, 5) is 27.3. The summed E-state index contributed by atoms with van der Waals surface area (Å²) >= 11 is 17.9. The van der Waals surface area contributed by atoms with Crippen LogP contribution in [-0.4, -0.2) is 50.5 Å². The van der Waals surface area contributed by atoms with Gasteiger partial charge >= 0.3 is 0 Å². The summed E-state index contributed by atoms with van der Waals surface area (Å²) in [5.41, 5.74) is 0.605. The molecular formula is C22H25Cl3FN3O4S. The van der Waals surface area contributed by atoms with Crippen LogP contribution in [-0.2, 0) is 26.2 Å². The average Bonchev–Trinajstić information content (AvgIpc) is 2.77. The number of carbonyl (C=O) groups excluding carboxylic acids is 2. The number of amides is 2. The molecule has 0 spiro atoms. The highest BCUT2D eigenvalue weighted by Crippen LogP contribution is 2.26. The van der Waals surface area contributed by atoms with Gasteiger partial charge < -0.3 is 10.2 Å². The van der Waals surface area contributed by atoms with Crippen LogP contribution >= 0.6 is 34.8 Å². The monoisotopic (exact) mass is 551 g/mol. The zero-order valence-electron chi connectivity index (χ0n) is 18.8. The van der Waals surface area contributed by atoms with Crippen LogP contribution in [0.15, 0.2) is 36.4 Å². The van der Waals surface area contributed by atoms with Gasteiger partial charge in [-0.25, -0.2) is 12.8 Å². The Bertz CT molecular complexity index is 1160. The van der Waals surface area contributed by atoms with Gasteiger partial charge in [0.1, 0.15) is 18.4 Å². The lowest BCUT2D eigenvalue weighted by Crippen LogP contribution is -2.51. The maximum absolute atomic E-state index is 13.6. The van der Waals surface area contributed by atoms with Crippen LogP contribution in [0.1, 0.15) is 25.8 Å². The van der Waals surface area contributed by atoms with E-state index >= 15 is 0 Å². The molecule has 0 aromatic heterocycles. The molecule has 2 rings (SSSR count). The average molecular weight is 553 g/mol. The molecule has 34 heavy (non-hydrogen) atoms. The van der Waals surface area contributed by atoms with E-state index in [2.05, 4.69) is 5.32 Å². The molecule has 2 amide bonds. The molecule has 2 aromatic carbocycles. The van der Waals surface area contributed by atoms with Crippen molar-refractivity contribution in [3.05, 3.63) is 62.8 Å². The second kappa shape index (κ2) is 12.1. The minimum atomic E-state index is -3.96. The molecule has 12 heteroatoms. The number of anilines is 1. The number of hydrogen-bond acceptors (Lipinski definition) is 4. The Hall–Kier alpha value is -2.07. The lowest BCUT2D eigenvalue weighted by Gasteiger charge is -2.31. The minimum Gasteiger partial charge on any atom is -0.354 e. The first-order valence-corrected chi connectivity index (χ1v) is 13.3. The molecule has 0 heterocycles. The van der Waals surface area contributed by atoms with E-state index in [0.29, 0.717) is 23.6 Å². The van der Waals surface area contributed by atoms with Gasteiger partial charge in [0.15, 0.2) is 0 Å². The summed E-state index contributed by atoms with van der Waals surface area (Å²) in [5.74, 6) is -1.78. The van der Waals surface area contributed by atoms with Crippen LogP contribution in [0.4, 0.5) is 10.1 Å². The lowest BCUT2D eigenvalue weighted by molar-refractivity contribution is -0.139. The largest absolute Gasteiger partial charge is 0.354 e. The Morgan fingerprint density at radius 1 is 1.06 bits per heavy atom. The van der Waals surface area contributed by atoms with Crippen LogP contribution in [0, 0.1) is 5.82 Å². The third kappa shape index (κ3) is 7.46. The molecule has 0 aliphatic carbocycles. The first-order valence-electron chi connectivity index (χ1n) is 10.3. The molecule has 7 nitrogen and oxygen atoms in total. The Morgan fingerprint density at radius 2 is 1.74 bits per heavy atom. The van der Waals surface area contributed by atoms with E-state index in [4.69, 9.17) is 34.8 Å².